The summed E-state index contributed by atoms with van der Waals surface area (Å²) < 4.78 is 5.75. The quantitative estimate of drug-likeness (QED) is 0.717. The lowest BCUT2D eigenvalue weighted by atomic mass is 9.98. The second-order valence-electron chi connectivity index (χ2n) is 6.85. The fourth-order valence-electron chi connectivity index (χ4n) is 3.45. The van der Waals surface area contributed by atoms with Gasteiger partial charge in [0.1, 0.15) is 12.3 Å². The Bertz CT molecular complexity index is 1050. The van der Waals surface area contributed by atoms with Gasteiger partial charge >= 0.3 is 0 Å². The monoisotopic (exact) mass is 375 g/mol. The summed E-state index contributed by atoms with van der Waals surface area (Å²) in [6, 6.07) is 14.9. The van der Waals surface area contributed by atoms with Crippen molar-refractivity contribution >= 4 is 11.6 Å². The molecule has 2 heterocycles. The van der Waals surface area contributed by atoms with Crippen molar-refractivity contribution in [3.8, 4) is 22.6 Å². The number of aryl methyl sites for hydroxylation is 1. The smallest absolute Gasteiger partial charge is 0.272 e. The van der Waals surface area contributed by atoms with Gasteiger partial charge in [0.25, 0.3) is 5.91 Å². The number of hydrogen-bond acceptors (Lipinski definition) is 5. The predicted octanol–water partition coefficient (Wildman–Crippen LogP) is 3.38. The van der Waals surface area contributed by atoms with Crippen LogP contribution in [0.25, 0.3) is 11.1 Å². The highest BCUT2D eigenvalue weighted by molar-refractivity contribution is 5.93. The lowest BCUT2D eigenvalue weighted by Crippen LogP contribution is -2.33. The van der Waals surface area contributed by atoms with Gasteiger partial charge in [0, 0.05) is 24.0 Å². The fourth-order valence-corrected chi connectivity index (χ4v) is 3.45. The lowest BCUT2D eigenvalue weighted by Gasteiger charge is -2.20. The lowest BCUT2D eigenvalue weighted by molar-refractivity contribution is 0.0727. The number of phenolic OH excluding ortho intramolecular Hbond substituents is 1. The molecule has 1 aliphatic rings. The molecule has 1 aliphatic heterocycles. The van der Waals surface area contributed by atoms with Crippen molar-refractivity contribution in [3.05, 3.63) is 71.5 Å². The van der Waals surface area contributed by atoms with Crippen LogP contribution < -0.4 is 10.5 Å². The van der Waals surface area contributed by atoms with Crippen LogP contribution in [0, 0.1) is 6.92 Å². The molecule has 3 aromatic rings. The van der Waals surface area contributed by atoms with Gasteiger partial charge in [-0.2, -0.15) is 0 Å². The topological polar surface area (TPSA) is 88.7 Å². The van der Waals surface area contributed by atoms with E-state index >= 15 is 0 Å². The Kier molecular flexibility index (Phi) is 4.61. The second kappa shape index (κ2) is 7.23. The predicted molar refractivity (Wildman–Crippen MR) is 107 cm³/mol. The van der Waals surface area contributed by atoms with Gasteiger partial charge in [0.05, 0.1) is 6.54 Å². The van der Waals surface area contributed by atoms with E-state index in [4.69, 9.17) is 10.5 Å². The number of aromatic hydroxyl groups is 1. The zero-order chi connectivity index (χ0) is 19.7. The Morgan fingerprint density at radius 2 is 2.04 bits per heavy atom. The molecule has 0 fully saturated rings. The summed E-state index contributed by atoms with van der Waals surface area (Å²) in [4.78, 5) is 18.7. The molecule has 1 amide bonds. The van der Waals surface area contributed by atoms with E-state index in [1.54, 1.807) is 23.1 Å². The minimum absolute atomic E-state index is 0.0760. The zero-order valence-electron chi connectivity index (χ0n) is 15.6. The SMILES string of the molecule is Cc1ccccc1-c1cc(O)c2c(c1)CN(C(=O)c1cc(N)ccn1)CCO2. The Morgan fingerprint density at radius 3 is 2.82 bits per heavy atom. The van der Waals surface area contributed by atoms with Crippen molar-refractivity contribution in [2.24, 2.45) is 0 Å². The Morgan fingerprint density at radius 1 is 1.21 bits per heavy atom. The third kappa shape index (κ3) is 3.36. The number of rotatable bonds is 2. The van der Waals surface area contributed by atoms with Gasteiger partial charge in [-0.25, -0.2) is 0 Å². The fraction of sp³-hybridized carbons (Fsp3) is 0.182. The Balaban J connectivity index is 1.71. The molecule has 0 aliphatic carbocycles. The van der Waals surface area contributed by atoms with Crippen LogP contribution in [0.2, 0.25) is 0 Å². The van der Waals surface area contributed by atoms with Crippen LogP contribution in [0.3, 0.4) is 0 Å². The van der Waals surface area contributed by atoms with E-state index in [0.717, 1.165) is 22.3 Å². The average Bonchev–Trinajstić information content (AvgIpc) is 2.90. The average molecular weight is 375 g/mol. The van der Waals surface area contributed by atoms with Crippen molar-refractivity contribution in [1.29, 1.82) is 0 Å². The minimum Gasteiger partial charge on any atom is -0.504 e. The van der Waals surface area contributed by atoms with Crippen LogP contribution in [-0.4, -0.2) is 34.0 Å². The highest BCUT2D eigenvalue weighted by atomic mass is 16.5. The van der Waals surface area contributed by atoms with Crippen molar-refractivity contribution in [1.82, 2.24) is 9.88 Å². The highest BCUT2D eigenvalue weighted by Gasteiger charge is 2.24. The second-order valence-corrected chi connectivity index (χ2v) is 6.85. The number of carbonyl (C=O) groups is 1. The standard InChI is InChI=1S/C22H21N3O3/c1-14-4-2-3-5-18(14)15-10-16-13-25(8-9-28-21(16)20(26)11-15)22(27)19-12-17(23)6-7-24-19/h2-7,10-12,26H,8-9,13H2,1H3,(H2,23,24). The van der Waals surface area contributed by atoms with Crippen molar-refractivity contribution in [3.63, 3.8) is 0 Å². The number of carbonyl (C=O) groups excluding carboxylic acids is 1. The third-order valence-electron chi connectivity index (χ3n) is 4.86. The number of phenols is 1. The molecule has 28 heavy (non-hydrogen) atoms. The maximum Gasteiger partial charge on any atom is 0.272 e. The van der Waals surface area contributed by atoms with Gasteiger partial charge in [-0.15, -0.1) is 0 Å². The van der Waals surface area contributed by atoms with E-state index in [2.05, 4.69) is 4.98 Å². The molecule has 6 nitrogen and oxygen atoms in total. The first kappa shape index (κ1) is 17.9. The van der Waals surface area contributed by atoms with Crippen LogP contribution in [-0.2, 0) is 6.54 Å². The molecular weight excluding hydrogens is 354 g/mol. The van der Waals surface area contributed by atoms with E-state index in [1.807, 2.05) is 37.3 Å². The van der Waals surface area contributed by atoms with Gasteiger partial charge < -0.3 is 20.5 Å². The molecule has 4 rings (SSSR count). The number of ether oxygens (including phenoxy) is 1. The van der Waals surface area contributed by atoms with E-state index in [9.17, 15) is 9.90 Å². The molecular formula is C22H21N3O3. The molecule has 0 saturated heterocycles. The number of pyridine rings is 1. The number of benzene rings is 2. The van der Waals surface area contributed by atoms with Crippen LogP contribution in [0.4, 0.5) is 5.69 Å². The summed E-state index contributed by atoms with van der Waals surface area (Å²) in [5.74, 6) is 0.282. The molecule has 142 valence electrons. The first-order valence-corrected chi connectivity index (χ1v) is 9.08. The minimum atomic E-state index is -0.218. The van der Waals surface area contributed by atoms with Gasteiger partial charge in [0.2, 0.25) is 0 Å². The van der Waals surface area contributed by atoms with Crippen molar-refractivity contribution in [2.75, 3.05) is 18.9 Å². The van der Waals surface area contributed by atoms with E-state index in [1.165, 1.54) is 6.20 Å². The summed E-state index contributed by atoms with van der Waals surface area (Å²) in [6.45, 7) is 3.02. The molecule has 0 radical (unpaired) electrons. The summed E-state index contributed by atoms with van der Waals surface area (Å²) in [7, 11) is 0. The van der Waals surface area contributed by atoms with Crippen molar-refractivity contribution in [2.45, 2.75) is 13.5 Å². The summed E-state index contributed by atoms with van der Waals surface area (Å²) in [6.07, 6.45) is 1.52. The van der Waals surface area contributed by atoms with Gasteiger partial charge in [-0.1, -0.05) is 24.3 Å². The van der Waals surface area contributed by atoms with Gasteiger partial charge in [-0.3, -0.25) is 9.78 Å². The molecule has 0 spiro atoms. The number of hydrogen-bond donors (Lipinski definition) is 2. The number of nitrogens with two attached hydrogens (primary N) is 1. The summed E-state index contributed by atoms with van der Waals surface area (Å²) in [5, 5.41) is 10.5. The highest BCUT2D eigenvalue weighted by Crippen LogP contribution is 2.38. The number of nitrogens with zero attached hydrogens (tertiary/aromatic N) is 2. The number of nitrogen functional groups attached to an aromatic ring is 1. The Hall–Kier alpha value is -3.54. The van der Waals surface area contributed by atoms with E-state index < -0.39 is 0 Å². The number of amides is 1. The molecule has 0 atom stereocenters. The van der Waals surface area contributed by atoms with Crippen LogP contribution in [0.5, 0.6) is 11.5 Å². The molecule has 0 unspecified atom stereocenters. The first-order chi connectivity index (χ1) is 13.5. The number of anilines is 1. The normalized spacial score (nSPS) is 13.4. The molecule has 0 bridgehead atoms. The number of fused-ring (bicyclic) bond motifs is 1. The van der Waals surface area contributed by atoms with Crippen LogP contribution in [0.1, 0.15) is 21.6 Å². The van der Waals surface area contributed by atoms with Crippen LogP contribution in [0.15, 0.2) is 54.7 Å². The Labute approximate surface area is 163 Å². The third-order valence-corrected chi connectivity index (χ3v) is 4.86. The van der Waals surface area contributed by atoms with E-state index in [0.29, 0.717) is 36.8 Å². The van der Waals surface area contributed by atoms with Crippen LogP contribution >= 0.6 is 0 Å². The summed E-state index contributed by atoms with van der Waals surface area (Å²) in [5.41, 5.74) is 10.3. The first-order valence-electron chi connectivity index (χ1n) is 9.08. The molecule has 2 aromatic carbocycles. The summed E-state index contributed by atoms with van der Waals surface area (Å²) >= 11 is 0. The van der Waals surface area contributed by atoms with E-state index in [-0.39, 0.29) is 11.7 Å². The van der Waals surface area contributed by atoms with Gasteiger partial charge in [-0.05, 0) is 47.9 Å². The maximum absolute atomic E-state index is 12.9. The molecule has 0 saturated carbocycles. The largest absolute Gasteiger partial charge is 0.504 e. The number of aromatic nitrogens is 1. The molecule has 6 heteroatoms. The molecule has 1 aromatic heterocycles. The molecule has 3 N–H and O–H groups in total. The maximum atomic E-state index is 12.9. The zero-order valence-corrected chi connectivity index (χ0v) is 15.6. The van der Waals surface area contributed by atoms with Gasteiger partial charge in [0.15, 0.2) is 11.5 Å². The van der Waals surface area contributed by atoms with Crippen molar-refractivity contribution < 1.29 is 14.6 Å².